The van der Waals surface area contributed by atoms with E-state index in [4.69, 9.17) is 4.74 Å². The van der Waals surface area contributed by atoms with Crippen molar-refractivity contribution < 1.29 is 18.3 Å². The van der Waals surface area contributed by atoms with Gasteiger partial charge in [0.05, 0.1) is 0 Å². The van der Waals surface area contributed by atoms with Gasteiger partial charge in [-0.15, -0.1) is 0 Å². The number of carbonyl (C=O) groups is 1. The van der Waals surface area contributed by atoms with Crippen LogP contribution in [-0.2, 0) is 4.79 Å². The van der Waals surface area contributed by atoms with Crippen LogP contribution in [-0.4, -0.2) is 22.7 Å². The molecule has 1 amide bonds. The topological polar surface area (TPSA) is 67.0 Å². The highest BCUT2D eigenvalue weighted by Gasteiger charge is 2.09. The second kappa shape index (κ2) is 5.47. The number of hydrogen-bond donors (Lipinski definition) is 2. The maximum Gasteiger partial charge on any atom is 0.263 e. The van der Waals surface area contributed by atoms with Crippen LogP contribution in [0, 0.1) is 18.6 Å². The molecular formula is C12H11F2N3O2. The van der Waals surface area contributed by atoms with Gasteiger partial charge in [0.2, 0.25) is 0 Å². The molecule has 1 aromatic heterocycles. The Morgan fingerprint density at radius 1 is 1.42 bits per heavy atom. The number of carbonyl (C=O) groups excluding carboxylic acids is 1. The normalized spacial score (nSPS) is 10.3. The summed E-state index contributed by atoms with van der Waals surface area (Å²) in [5, 5.41) is 8.92. The van der Waals surface area contributed by atoms with E-state index in [2.05, 4.69) is 15.5 Å². The molecule has 0 aliphatic heterocycles. The van der Waals surface area contributed by atoms with Gasteiger partial charge in [-0.3, -0.25) is 9.89 Å². The average molecular weight is 267 g/mol. The van der Waals surface area contributed by atoms with Crippen LogP contribution < -0.4 is 10.1 Å². The molecule has 2 rings (SSSR count). The summed E-state index contributed by atoms with van der Waals surface area (Å²) in [4.78, 5) is 11.5. The van der Waals surface area contributed by atoms with Gasteiger partial charge in [0.1, 0.15) is 5.82 Å². The lowest BCUT2D eigenvalue weighted by Gasteiger charge is -2.06. The van der Waals surface area contributed by atoms with Gasteiger partial charge < -0.3 is 10.1 Å². The molecule has 100 valence electrons. The van der Waals surface area contributed by atoms with Crippen molar-refractivity contribution in [3.05, 3.63) is 41.6 Å². The van der Waals surface area contributed by atoms with Gasteiger partial charge in [-0.05, 0) is 19.1 Å². The molecule has 0 unspecified atom stereocenters. The molecule has 0 aliphatic rings. The standard InChI is InChI=1S/C12H11F2N3O2/c1-7-4-11(17-16-7)15-12(18)6-19-10-3-2-8(13)5-9(10)14/h2-5H,6H2,1H3,(H2,15,16,17,18). The molecule has 5 nitrogen and oxygen atoms in total. The van der Waals surface area contributed by atoms with Crippen LogP contribution in [0.25, 0.3) is 0 Å². The van der Waals surface area contributed by atoms with Crippen molar-refractivity contribution >= 4 is 11.7 Å². The molecule has 1 heterocycles. The van der Waals surface area contributed by atoms with Gasteiger partial charge >= 0.3 is 0 Å². The Hall–Kier alpha value is -2.44. The van der Waals surface area contributed by atoms with E-state index >= 15 is 0 Å². The summed E-state index contributed by atoms with van der Waals surface area (Å²) in [7, 11) is 0. The number of aromatic nitrogens is 2. The third-order valence-electron chi connectivity index (χ3n) is 2.23. The smallest absolute Gasteiger partial charge is 0.263 e. The summed E-state index contributed by atoms with van der Waals surface area (Å²) in [5.74, 6) is -1.89. The number of halogens is 2. The maximum atomic E-state index is 13.2. The van der Waals surface area contributed by atoms with Crippen molar-refractivity contribution in [1.82, 2.24) is 10.2 Å². The predicted molar refractivity (Wildman–Crippen MR) is 63.8 cm³/mol. The van der Waals surface area contributed by atoms with Crippen LogP contribution in [0.3, 0.4) is 0 Å². The first kappa shape index (κ1) is 13.0. The summed E-state index contributed by atoms with van der Waals surface area (Å²) in [6.45, 7) is 1.39. The SMILES string of the molecule is Cc1cc(NC(=O)COc2ccc(F)cc2F)n[nH]1. The molecule has 0 bridgehead atoms. The summed E-state index contributed by atoms with van der Waals surface area (Å²) in [6.07, 6.45) is 0. The second-order valence-corrected chi connectivity index (χ2v) is 3.85. The number of anilines is 1. The van der Waals surface area contributed by atoms with Gasteiger partial charge in [-0.25, -0.2) is 8.78 Å². The zero-order valence-corrected chi connectivity index (χ0v) is 10.0. The summed E-state index contributed by atoms with van der Waals surface area (Å²) < 4.78 is 30.8. The van der Waals surface area contributed by atoms with Crippen molar-refractivity contribution in [2.75, 3.05) is 11.9 Å². The molecule has 0 spiro atoms. The van der Waals surface area contributed by atoms with Crippen LogP contribution in [0.4, 0.5) is 14.6 Å². The second-order valence-electron chi connectivity index (χ2n) is 3.85. The number of amides is 1. The Morgan fingerprint density at radius 2 is 2.21 bits per heavy atom. The largest absolute Gasteiger partial charge is 0.481 e. The zero-order valence-electron chi connectivity index (χ0n) is 10.0. The Morgan fingerprint density at radius 3 is 2.84 bits per heavy atom. The molecule has 0 aliphatic carbocycles. The minimum Gasteiger partial charge on any atom is -0.481 e. The maximum absolute atomic E-state index is 13.2. The number of benzene rings is 1. The van der Waals surface area contributed by atoms with Crippen molar-refractivity contribution in [3.8, 4) is 5.75 Å². The molecular weight excluding hydrogens is 256 g/mol. The van der Waals surface area contributed by atoms with E-state index in [-0.39, 0.29) is 5.75 Å². The summed E-state index contributed by atoms with van der Waals surface area (Å²) in [6, 6.07) is 4.49. The fraction of sp³-hybridized carbons (Fsp3) is 0.167. The quantitative estimate of drug-likeness (QED) is 0.890. The zero-order chi connectivity index (χ0) is 13.8. The van der Waals surface area contributed by atoms with Crippen molar-refractivity contribution in [1.29, 1.82) is 0 Å². The van der Waals surface area contributed by atoms with E-state index < -0.39 is 24.1 Å². The molecule has 2 aromatic rings. The van der Waals surface area contributed by atoms with Crippen molar-refractivity contribution in [3.63, 3.8) is 0 Å². The van der Waals surface area contributed by atoms with E-state index in [9.17, 15) is 13.6 Å². The fourth-order valence-electron chi connectivity index (χ4n) is 1.40. The van der Waals surface area contributed by atoms with E-state index in [0.717, 1.165) is 17.8 Å². The van der Waals surface area contributed by atoms with E-state index in [1.165, 1.54) is 0 Å². The first-order valence-electron chi connectivity index (χ1n) is 5.44. The summed E-state index contributed by atoms with van der Waals surface area (Å²) >= 11 is 0. The Balaban J connectivity index is 1.89. The van der Waals surface area contributed by atoms with Gasteiger partial charge in [-0.2, -0.15) is 5.10 Å². The van der Waals surface area contributed by atoms with Crippen molar-refractivity contribution in [2.45, 2.75) is 6.92 Å². The number of H-pyrrole nitrogens is 1. The van der Waals surface area contributed by atoms with Gasteiger partial charge in [0.15, 0.2) is 24.0 Å². The predicted octanol–water partition coefficient (Wildman–Crippen LogP) is 2.01. The van der Waals surface area contributed by atoms with E-state index in [0.29, 0.717) is 11.9 Å². The lowest BCUT2D eigenvalue weighted by molar-refractivity contribution is -0.118. The van der Waals surface area contributed by atoms with Gasteiger partial charge in [-0.1, -0.05) is 0 Å². The number of nitrogens with one attached hydrogen (secondary N) is 2. The Labute approximate surface area is 107 Å². The molecule has 0 radical (unpaired) electrons. The minimum atomic E-state index is -0.858. The van der Waals surface area contributed by atoms with E-state index in [1.54, 1.807) is 13.0 Å². The van der Waals surface area contributed by atoms with Crippen LogP contribution in [0.5, 0.6) is 5.75 Å². The Bertz CT molecular complexity index is 598. The van der Waals surface area contributed by atoms with Crippen LogP contribution in [0.15, 0.2) is 24.3 Å². The number of rotatable bonds is 4. The molecule has 0 fully saturated rings. The average Bonchev–Trinajstić information content (AvgIpc) is 2.73. The van der Waals surface area contributed by atoms with Crippen molar-refractivity contribution in [2.24, 2.45) is 0 Å². The van der Waals surface area contributed by atoms with E-state index in [1.807, 2.05) is 0 Å². The number of hydrogen-bond acceptors (Lipinski definition) is 3. The van der Waals surface area contributed by atoms with Gasteiger partial charge in [0, 0.05) is 17.8 Å². The highest BCUT2D eigenvalue weighted by Crippen LogP contribution is 2.17. The monoisotopic (exact) mass is 267 g/mol. The molecule has 19 heavy (non-hydrogen) atoms. The van der Waals surface area contributed by atoms with Crippen LogP contribution in [0.2, 0.25) is 0 Å². The number of aromatic amines is 1. The molecule has 7 heteroatoms. The molecule has 1 aromatic carbocycles. The molecule has 0 atom stereocenters. The lowest BCUT2D eigenvalue weighted by atomic mass is 10.3. The number of nitrogens with zero attached hydrogens (tertiary/aromatic N) is 1. The molecule has 0 saturated carbocycles. The van der Waals surface area contributed by atoms with Crippen LogP contribution >= 0.6 is 0 Å². The molecule has 2 N–H and O–H groups in total. The molecule has 0 saturated heterocycles. The third kappa shape index (κ3) is 3.51. The van der Waals surface area contributed by atoms with Crippen LogP contribution in [0.1, 0.15) is 5.69 Å². The first-order chi connectivity index (χ1) is 9.04. The number of ether oxygens (including phenoxy) is 1. The first-order valence-corrected chi connectivity index (χ1v) is 5.44. The Kier molecular flexibility index (Phi) is 3.74. The van der Waals surface area contributed by atoms with Gasteiger partial charge in [0.25, 0.3) is 5.91 Å². The number of aryl methyl sites for hydroxylation is 1. The fourth-order valence-corrected chi connectivity index (χ4v) is 1.40. The summed E-state index contributed by atoms with van der Waals surface area (Å²) in [5.41, 5.74) is 0.792. The minimum absolute atomic E-state index is 0.185. The lowest BCUT2D eigenvalue weighted by Crippen LogP contribution is -2.20. The highest BCUT2D eigenvalue weighted by molar-refractivity contribution is 5.90. The third-order valence-corrected chi connectivity index (χ3v) is 2.23. The highest BCUT2D eigenvalue weighted by atomic mass is 19.1.